The molecule has 0 bridgehead atoms. The Morgan fingerprint density at radius 3 is 1.48 bits per heavy atom. The summed E-state index contributed by atoms with van der Waals surface area (Å²) >= 11 is 0. The van der Waals surface area contributed by atoms with Gasteiger partial charge in [-0.05, 0) is 51.4 Å². The summed E-state index contributed by atoms with van der Waals surface area (Å²) < 4.78 is 32.6. The standard InChI is InChI=1S/C44H76NO10P/c1-3-5-7-9-11-13-15-17-18-19-20-21-22-24-26-28-30-32-34-36-43(47)55-40(38-53-56(50,51)54-39-41(45)44(48)49)37-52-42(46)35-33-31-29-27-25-23-16-14-12-10-8-6-4-2/h11,13,17-18,20-21,24,26,30,32,40-41H,3-10,12,14-16,19,22-23,25,27-29,31,33-39,45H2,1-2H3,(H,48,49)(H,50,51)/b13-11+,18-17+,21-20+,26-24+,32-30+/t40-,41-/m0/s1. The highest BCUT2D eigenvalue weighted by atomic mass is 31.2. The van der Waals surface area contributed by atoms with Crippen molar-refractivity contribution >= 4 is 25.7 Å². The fourth-order valence-corrected chi connectivity index (χ4v) is 6.18. The number of rotatable bonds is 39. The summed E-state index contributed by atoms with van der Waals surface area (Å²) in [6, 6.07) is -1.53. The SMILES string of the molecule is CCCCC/C=C/C/C=C/C/C=C/C/C=C/C/C=C/CCC(=O)O[C@@H](COC(=O)CCCCCCCCCCCCCCC)COP(=O)(O)OC[C@H](N)C(=O)O. The molecule has 322 valence electrons. The zero-order chi connectivity index (χ0) is 41.4. The van der Waals surface area contributed by atoms with E-state index >= 15 is 0 Å². The number of carboxylic acid groups (broad SMARTS) is 1. The van der Waals surface area contributed by atoms with Crippen molar-refractivity contribution in [3.8, 4) is 0 Å². The first-order chi connectivity index (χ1) is 27.1. The van der Waals surface area contributed by atoms with Crippen LogP contribution >= 0.6 is 7.82 Å². The lowest BCUT2D eigenvalue weighted by Gasteiger charge is -2.20. The van der Waals surface area contributed by atoms with E-state index in [1.807, 2.05) is 12.2 Å². The summed E-state index contributed by atoms with van der Waals surface area (Å²) in [6.45, 7) is 2.69. The van der Waals surface area contributed by atoms with Crippen LogP contribution in [0.2, 0.25) is 0 Å². The lowest BCUT2D eigenvalue weighted by Crippen LogP contribution is -2.34. The normalized spacial score (nSPS) is 14.4. The van der Waals surface area contributed by atoms with Gasteiger partial charge in [-0.2, -0.15) is 0 Å². The number of phosphoric ester groups is 1. The average molecular weight is 810 g/mol. The second-order valence-electron chi connectivity index (χ2n) is 14.1. The van der Waals surface area contributed by atoms with Gasteiger partial charge in [-0.25, -0.2) is 4.57 Å². The second kappa shape index (κ2) is 39.0. The average Bonchev–Trinajstić information content (AvgIpc) is 3.17. The Labute approximate surface area is 338 Å². The number of phosphoric acid groups is 1. The Bertz CT molecular complexity index is 1180. The molecule has 11 nitrogen and oxygen atoms in total. The molecule has 0 aliphatic rings. The minimum atomic E-state index is -4.73. The van der Waals surface area contributed by atoms with Crippen molar-refractivity contribution in [2.24, 2.45) is 5.73 Å². The number of hydrogen-bond donors (Lipinski definition) is 3. The summed E-state index contributed by atoms with van der Waals surface area (Å²) in [6.07, 6.45) is 44.4. The topological polar surface area (TPSA) is 172 Å². The van der Waals surface area contributed by atoms with Crippen LogP contribution in [0.15, 0.2) is 60.8 Å². The molecule has 0 saturated heterocycles. The van der Waals surface area contributed by atoms with E-state index < -0.39 is 51.1 Å². The molecule has 0 rings (SSSR count). The van der Waals surface area contributed by atoms with E-state index in [0.717, 1.165) is 51.4 Å². The highest BCUT2D eigenvalue weighted by Gasteiger charge is 2.28. The monoisotopic (exact) mass is 810 g/mol. The zero-order valence-electron chi connectivity index (χ0n) is 34.7. The Morgan fingerprint density at radius 1 is 0.554 bits per heavy atom. The molecule has 0 fully saturated rings. The summed E-state index contributed by atoms with van der Waals surface area (Å²) in [4.78, 5) is 45.9. The number of carbonyl (C=O) groups is 3. The van der Waals surface area contributed by atoms with Crippen LogP contribution in [-0.4, -0.2) is 59.9 Å². The first-order valence-corrected chi connectivity index (χ1v) is 22.8. The molecule has 0 aromatic rings. The van der Waals surface area contributed by atoms with Crippen molar-refractivity contribution in [3.05, 3.63) is 60.8 Å². The molecule has 0 heterocycles. The molecule has 0 amide bonds. The molecular weight excluding hydrogens is 733 g/mol. The van der Waals surface area contributed by atoms with Gasteiger partial charge >= 0.3 is 25.7 Å². The smallest absolute Gasteiger partial charge is 0.472 e. The number of nitrogens with two attached hydrogens (primary N) is 1. The lowest BCUT2D eigenvalue weighted by atomic mass is 10.0. The van der Waals surface area contributed by atoms with Crippen LogP contribution in [0.3, 0.4) is 0 Å². The quantitative estimate of drug-likeness (QED) is 0.0233. The van der Waals surface area contributed by atoms with Crippen LogP contribution in [0.25, 0.3) is 0 Å². The maximum absolute atomic E-state index is 12.6. The first-order valence-electron chi connectivity index (χ1n) is 21.3. The zero-order valence-corrected chi connectivity index (χ0v) is 35.6. The van der Waals surface area contributed by atoms with E-state index in [2.05, 4.69) is 67.0 Å². The molecule has 1 unspecified atom stereocenters. The summed E-state index contributed by atoms with van der Waals surface area (Å²) in [5.41, 5.74) is 5.32. The van der Waals surface area contributed by atoms with E-state index in [-0.39, 0.29) is 19.4 Å². The third-order valence-corrected chi connectivity index (χ3v) is 9.73. The molecule has 3 atom stereocenters. The number of ether oxygens (including phenoxy) is 2. The van der Waals surface area contributed by atoms with Gasteiger partial charge in [0.2, 0.25) is 0 Å². The molecule has 4 N–H and O–H groups in total. The van der Waals surface area contributed by atoms with Crippen LogP contribution in [-0.2, 0) is 37.5 Å². The fraction of sp³-hybridized carbons (Fsp3) is 0.705. The second-order valence-corrected chi connectivity index (χ2v) is 15.6. The van der Waals surface area contributed by atoms with Crippen LogP contribution in [0.5, 0.6) is 0 Å². The fourth-order valence-electron chi connectivity index (χ4n) is 5.40. The number of carboxylic acids is 1. The predicted octanol–water partition coefficient (Wildman–Crippen LogP) is 11.2. The van der Waals surface area contributed by atoms with E-state index in [9.17, 15) is 23.8 Å². The lowest BCUT2D eigenvalue weighted by molar-refractivity contribution is -0.161. The van der Waals surface area contributed by atoms with Gasteiger partial charge in [0, 0.05) is 12.8 Å². The number of unbranched alkanes of at least 4 members (excludes halogenated alkanes) is 15. The van der Waals surface area contributed by atoms with E-state index in [4.69, 9.17) is 24.8 Å². The van der Waals surface area contributed by atoms with Gasteiger partial charge in [0.25, 0.3) is 0 Å². The highest BCUT2D eigenvalue weighted by molar-refractivity contribution is 7.47. The molecular formula is C44H76NO10P. The van der Waals surface area contributed by atoms with Crippen molar-refractivity contribution < 1.29 is 47.5 Å². The number of allylic oxidation sites excluding steroid dienone is 10. The van der Waals surface area contributed by atoms with E-state index in [1.165, 1.54) is 77.0 Å². The molecule has 0 spiro atoms. The number of aliphatic carboxylic acids is 1. The molecule has 0 aromatic carbocycles. The van der Waals surface area contributed by atoms with Gasteiger partial charge in [0.05, 0.1) is 13.2 Å². The van der Waals surface area contributed by atoms with Crippen LogP contribution in [0.4, 0.5) is 0 Å². The van der Waals surface area contributed by atoms with Crippen molar-refractivity contribution in [2.45, 2.75) is 180 Å². The van der Waals surface area contributed by atoms with E-state index in [0.29, 0.717) is 12.8 Å². The van der Waals surface area contributed by atoms with E-state index in [1.54, 1.807) is 0 Å². The van der Waals surface area contributed by atoms with Crippen LogP contribution in [0.1, 0.15) is 168 Å². The summed E-state index contributed by atoms with van der Waals surface area (Å²) in [5.74, 6) is -2.49. The molecule has 0 aliphatic carbocycles. The van der Waals surface area contributed by atoms with Gasteiger partial charge in [-0.1, -0.05) is 164 Å². The van der Waals surface area contributed by atoms with Crippen molar-refractivity contribution in [1.29, 1.82) is 0 Å². The van der Waals surface area contributed by atoms with Crippen molar-refractivity contribution in [1.82, 2.24) is 0 Å². The number of esters is 2. The molecule has 56 heavy (non-hydrogen) atoms. The van der Waals surface area contributed by atoms with Crippen molar-refractivity contribution in [3.63, 3.8) is 0 Å². The summed E-state index contributed by atoms with van der Waals surface area (Å²) in [5, 5.41) is 8.88. The maximum atomic E-state index is 12.6. The molecule has 0 aromatic heterocycles. The van der Waals surface area contributed by atoms with Crippen LogP contribution in [0, 0.1) is 0 Å². The Morgan fingerprint density at radius 2 is 0.982 bits per heavy atom. The Kier molecular flexibility index (Phi) is 37.1. The van der Waals surface area contributed by atoms with Crippen LogP contribution < -0.4 is 5.73 Å². The van der Waals surface area contributed by atoms with Gasteiger partial charge in [-0.15, -0.1) is 0 Å². The Balaban J connectivity index is 4.51. The third kappa shape index (κ3) is 38.1. The largest absolute Gasteiger partial charge is 0.480 e. The number of carbonyl (C=O) groups excluding carboxylic acids is 2. The van der Waals surface area contributed by atoms with Gasteiger partial charge < -0.3 is 25.2 Å². The minimum Gasteiger partial charge on any atom is -0.480 e. The molecule has 12 heteroatoms. The predicted molar refractivity (Wildman–Crippen MR) is 226 cm³/mol. The van der Waals surface area contributed by atoms with Gasteiger partial charge in [0.1, 0.15) is 12.6 Å². The molecule has 0 radical (unpaired) electrons. The number of hydrogen-bond acceptors (Lipinski definition) is 9. The van der Waals surface area contributed by atoms with Gasteiger partial charge in [-0.3, -0.25) is 23.4 Å². The van der Waals surface area contributed by atoms with Gasteiger partial charge in [0.15, 0.2) is 6.10 Å². The Hall–Kier alpha value is -2.82. The maximum Gasteiger partial charge on any atom is 0.472 e. The minimum absolute atomic E-state index is 0.0370. The first kappa shape index (κ1) is 53.2. The third-order valence-electron chi connectivity index (χ3n) is 8.78. The summed E-state index contributed by atoms with van der Waals surface area (Å²) in [7, 11) is -4.73. The van der Waals surface area contributed by atoms with Crippen molar-refractivity contribution in [2.75, 3.05) is 19.8 Å². The highest BCUT2D eigenvalue weighted by Crippen LogP contribution is 2.43. The molecule has 0 saturated carbocycles. The molecule has 0 aliphatic heterocycles.